The molecule has 0 spiro atoms. The second-order valence-corrected chi connectivity index (χ2v) is 9.40. The quantitative estimate of drug-likeness (QED) is 0.259. The van der Waals surface area contributed by atoms with Gasteiger partial charge in [0.15, 0.2) is 0 Å². The molecule has 0 bridgehead atoms. The molecule has 170 valence electrons. The number of fused-ring (bicyclic) bond motifs is 2. The summed E-state index contributed by atoms with van der Waals surface area (Å²) in [5.41, 5.74) is 10.5. The number of rotatable bonds is 6. The van der Waals surface area contributed by atoms with Gasteiger partial charge in [0.2, 0.25) is 0 Å². The normalized spacial score (nSPS) is 11.2. The Hall–Kier alpha value is -3.81. The second kappa shape index (κ2) is 8.85. The number of carboxylic acid groups (broad SMARTS) is 1. The highest BCUT2D eigenvalue weighted by atomic mass is 35.5. The summed E-state index contributed by atoms with van der Waals surface area (Å²) in [5, 5.41) is 16.8. The van der Waals surface area contributed by atoms with Crippen molar-refractivity contribution in [2.24, 2.45) is 5.73 Å². The van der Waals surface area contributed by atoms with E-state index in [1.807, 2.05) is 60.8 Å². The molecule has 5 aromatic rings. The van der Waals surface area contributed by atoms with Crippen LogP contribution in [-0.2, 0) is 17.8 Å². The van der Waals surface area contributed by atoms with Crippen molar-refractivity contribution in [3.63, 3.8) is 0 Å². The van der Waals surface area contributed by atoms with Crippen LogP contribution in [-0.4, -0.2) is 21.7 Å². The summed E-state index contributed by atoms with van der Waals surface area (Å²) in [6, 6.07) is 18.6. The molecule has 0 aliphatic heterocycles. The van der Waals surface area contributed by atoms with Crippen LogP contribution in [0, 0.1) is 0 Å². The Balaban J connectivity index is 1.61. The minimum atomic E-state index is -0.874. The van der Waals surface area contributed by atoms with E-state index in [0.717, 1.165) is 43.2 Å². The molecule has 2 heterocycles. The molecule has 0 aliphatic rings. The number of carbonyl (C=O) groups is 2. The van der Waals surface area contributed by atoms with Crippen LogP contribution in [0.3, 0.4) is 0 Å². The minimum Gasteiger partial charge on any atom is -0.481 e. The van der Waals surface area contributed by atoms with Crippen LogP contribution in [0.25, 0.3) is 32.1 Å². The number of benzene rings is 3. The summed E-state index contributed by atoms with van der Waals surface area (Å²) in [6.45, 7) is 0.586. The van der Waals surface area contributed by atoms with Gasteiger partial charge in [-0.15, -0.1) is 11.3 Å². The smallest absolute Gasteiger partial charge is 0.316 e. The Labute approximate surface area is 204 Å². The molecule has 0 unspecified atom stereocenters. The van der Waals surface area contributed by atoms with Gasteiger partial charge in [-0.1, -0.05) is 35.9 Å². The number of hydrogen-bond acceptors (Lipinski definition) is 3. The van der Waals surface area contributed by atoms with Gasteiger partial charge >= 0.3 is 12.0 Å². The number of primary amides is 1. The summed E-state index contributed by atoms with van der Waals surface area (Å²) in [7, 11) is 0. The number of amides is 2. The third kappa shape index (κ3) is 4.35. The number of nitrogens with one attached hydrogen (secondary N) is 1. The van der Waals surface area contributed by atoms with Crippen molar-refractivity contribution in [1.29, 1.82) is 0 Å². The van der Waals surface area contributed by atoms with E-state index < -0.39 is 12.0 Å². The van der Waals surface area contributed by atoms with E-state index in [9.17, 15) is 14.7 Å². The minimum absolute atomic E-state index is 0.0585. The van der Waals surface area contributed by atoms with Crippen LogP contribution in [0.5, 0.6) is 0 Å². The third-order valence-corrected chi connectivity index (χ3v) is 6.97. The maximum Gasteiger partial charge on any atom is 0.316 e. The van der Waals surface area contributed by atoms with Crippen LogP contribution < -0.4 is 11.1 Å². The predicted octanol–water partition coefficient (Wildman–Crippen LogP) is 6.34. The number of carboxylic acids is 1. The summed E-state index contributed by atoms with van der Waals surface area (Å²) < 4.78 is 3.24. The van der Waals surface area contributed by atoms with Gasteiger partial charge < -0.3 is 20.7 Å². The number of carbonyl (C=O) groups excluding carboxylic acids is 1. The first kappa shape index (κ1) is 22.0. The highest BCUT2D eigenvalue weighted by Crippen LogP contribution is 2.33. The van der Waals surface area contributed by atoms with Gasteiger partial charge in [-0.3, -0.25) is 4.79 Å². The van der Waals surface area contributed by atoms with E-state index >= 15 is 0 Å². The topological polar surface area (TPSA) is 97.3 Å². The molecule has 0 fully saturated rings. The van der Waals surface area contributed by atoms with Gasteiger partial charge in [-0.05, 0) is 69.4 Å². The van der Waals surface area contributed by atoms with Gasteiger partial charge in [0.05, 0.1) is 6.42 Å². The lowest BCUT2D eigenvalue weighted by atomic mass is 10.0. The lowest BCUT2D eigenvalue weighted by molar-refractivity contribution is -0.136. The highest BCUT2D eigenvalue weighted by Gasteiger charge is 2.15. The molecule has 2 aromatic heterocycles. The summed E-state index contributed by atoms with van der Waals surface area (Å²) in [6.07, 6.45) is 1.86. The van der Waals surface area contributed by atoms with Crippen molar-refractivity contribution in [2.45, 2.75) is 13.0 Å². The van der Waals surface area contributed by atoms with Crippen molar-refractivity contribution < 1.29 is 14.7 Å². The van der Waals surface area contributed by atoms with Crippen LogP contribution >= 0.6 is 22.9 Å². The molecule has 34 heavy (non-hydrogen) atoms. The highest BCUT2D eigenvalue weighted by molar-refractivity contribution is 7.17. The van der Waals surface area contributed by atoms with Crippen molar-refractivity contribution in [3.8, 4) is 11.1 Å². The van der Waals surface area contributed by atoms with Gasteiger partial charge in [0.1, 0.15) is 0 Å². The second-order valence-electron chi connectivity index (χ2n) is 8.06. The first-order valence-electron chi connectivity index (χ1n) is 10.5. The van der Waals surface area contributed by atoms with E-state index in [1.54, 1.807) is 17.4 Å². The molecular formula is C26H20ClN3O3S. The molecule has 3 aromatic carbocycles. The van der Waals surface area contributed by atoms with Gasteiger partial charge in [-0.25, -0.2) is 4.79 Å². The first-order valence-corrected chi connectivity index (χ1v) is 11.8. The Morgan fingerprint density at radius 3 is 2.62 bits per heavy atom. The molecule has 5 rings (SSSR count). The molecule has 0 radical (unpaired) electrons. The van der Waals surface area contributed by atoms with E-state index in [0.29, 0.717) is 17.3 Å². The molecule has 0 aliphatic carbocycles. The maximum absolute atomic E-state index is 11.5. The Morgan fingerprint density at radius 2 is 1.82 bits per heavy atom. The molecule has 8 heteroatoms. The average molecular weight is 490 g/mol. The number of hydrogen-bond donors (Lipinski definition) is 3. The van der Waals surface area contributed by atoms with Crippen molar-refractivity contribution >= 4 is 61.6 Å². The Morgan fingerprint density at radius 1 is 1.00 bits per heavy atom. The monoisotopic (exact) mass is 489 g/mol. The third-order valence-electron chi connectivity index (χ3n) is 5.73. The largest absolute Gasteiger partial charge is 0.481 e. The number of nitrogens with zero attached hydrogens (tertiary/aromatic N) is 1. The number of nitrogens with two attached hydrogens (primary N) is 1. The molecule has 0 saturated carbocycles. The van der Waals surface area contributed by atoms with Gasteiger partial charge in [0, 0.05) is 39.1 Å². The first-order chi connectivity index (χ1) is 16.4. The molecule has 2 amide bonds. The number of thiophene rings is 1. The number of urea groups is 1. The summed E-state index contributed by atoms with van der Waals surface area (Å²) in [5.74, 6) is -0.874. The van der Waals surface area contributed by atoms with Crippen LogP contribution in [0.15, 0.2) is 72.2 Å². The SMILES string of the molecule is NC(=O)Nc1cccc(-c2ccc3c(CC(=O)O)cn(Cc4csc5ccc(Cl)cc45)c3c2)c1. The fraction of sp³-hybridized carbons (Fsp3) is 0.0769. The molecular weight excluding hydrogens is 470 g/mol. The lowest BCUT2D eigenvalue weighted by Crippen LogP contribution is -2.19. The standard InChI is InChI=1S/C26H20ClN3O3S/c27-19-5-7-24-22(11-19)18(14-34-24)13-30-12-17(10-25(31)32)21-6-4-16(9-23(21)30)15-2-1-3-20(8-15)29-26(28)33/h1-9,11-12,14H,10,13H2,(H,31,32)(H3,28,29,33). The van der Waals surface area contributed by atoms with Crippen molar-refractivity contribution in [1.82, 2.24) is 4.57 Å². The lowest BCUT2D eigenvalue weighted by Gasteiger charge is -2.09. The van der Waals surface area contributed by atoms with Crippen LogP contribution in [0.1, 0.15) is 11.1 Å². The fourth-order valence-corrected chi connectivity index (χ4v) is 5.37. The van der Waals surface area contributed by atoms with E-state index in [1.165, 1.54) is 0 Å². The predicted molar refractivity (Wildman–Crippen MR) is 138 cm³/mol. The van der Waals surface area contributed by atoms with Gasteiger partial charge in [0.25, 0.3) is 0 Å². The van der Waals surface area contributed by atoms with Crippen molar-refractivity contribution in [3.05, 3.63) is 88.4 Å². The molecule has 0 atom stereocenters. The Kier molecular flexibility index (Phi) is 5.73. The van der Waals surface area contributed by atoms with Crippen LogP contribution in [0.4, 0.5) is 10.5 Å². The summed E-state index contributed by atoms with van der Waals surface area (Å²) in [4.78, 5) is 22.7. The number of aliphatic carboxylic acids is 1. The zero-order valence-electron chi connectivity index (χ0n) is 17.9. The number of aromatic nitrogens is 1. The summed E-state index contributed by atoms with van der Waals surface area (Å²) >= 11 is 7.90. The van der Waals surface area contributed by atoms with Crippen molar-refractivity contribution in [2.75, 3.05) is 5.32 Å². The van der Waals surface area contributed by atoms with E-state index in [4.69, 9.17) is 17.3 Å². The zero-order valence-corrected chi connectivity index (χ0v) is 19.5. The zero-order chi connectivity index (χ0) is 23.8. The maximum atomic E-state index is 11.5. The van der Waals surface area contributed by atoms with Crippen LogP contribution in [0.2, 0.25) is 5.02 Å². The number of halogens is 1. The van der Waals surface area contributed by atoms with Gasteiger partial charge in [-0.2, -0.15) is 0 Å². The molecule has 6 nitrogen and oxygen atoms in total. The number of anilines is 1. The fourth-order valence-electron chi connectivity index (χ4n) is 4.26. The average Bonchev–Trinajstić information content (AvgIpc) is 3.34. The molecule has 4 N–H and O–H groups in total. The van der Waals surface area contributed by atoms with E-state index in [2.05, 4.69) is 15.3 Å². The molecule has 0 saturated heterocycles. The Bertz CT molecular complexity index is 1570. The van der Waals surface area contributed by atoms with E-state index in [-0.39, 0.29) is 6.42 Å².